The summed E-state index contributed by atoms with van der Waals surface area (Å²) < 4.78 is 0. The van der Waals surface area contributed by atoms with E-state index in [-0.39, 0.29) is 18.4 Å². The number of carbonyl (C=O) groups is 2. The monoisotopic (exact) mass is 288 g/mol. The Morgan fingerprint density at radius 3 is 2.35 bits per heavy atom. The van der Waals surface area contributed by atoms with Crippen molar-refractivity contribution >= 4 is 28.8 Å². The highest BCUT2D eigenvalue weighted by molar-refractivity contribution is 7.13. The summed E-state index contributed by atoms with van der Waals surface area (Å²) in [5.74, 6) is -0.461. The molecular weight excluding hydrogens is 272 g/mol. The van der Waals surface area contributed by atoms with Crippen molar-refractivity contribution in [2.75, 3.05) is 11.9 Å². The largest absolute Gasteiger partial charge is 0.342 e. The van der Waals surface area contributed by atoms with Gasteiger partial charge in [0.05, 0.1) is 11.4 Å². The Bertz CT molecular complexity index is 617. The average Bonchev–Trinajstić information content (AvgIpc) is 2.85. The maximum absolute atomic E-state index is 11.8. The molecule has 1 aromatic carbocycles. The Hall–Kier alpha value is -2.14. The molecule has 1 heterocycles. The van der Waals surface area contributed by atoms with Crippen molar-refractivity contribution in [2.24, 2.45) is 0 Å². The summed E-state index contributed by atoms with van der Waals surface area (Å²) in [6.45, 7) is 3.88. The molecule has 1 aromatic heterocycles. The van der Waals surface area contributed by atoms with Gasteiger partial charge < -0.3 is 10.6 Å². The first-order valence-electron chi connectivity index (χ1n) is 6.26. The highest BCUT2D eigenvalue weighted by Gasteiger charge is 2.09. The Kier molecular flexibility index (Phi) is 4.53. The van der Waals surface area contributed by atoms with Crippen LogP contribution in [-0.4, -0.2) is 18.4 Å². The van der Waals surface area contributed by atoms with Crippen molar-refractivity contribution in [3.63, 3.8) is 0 Å². The number of anilines is 1. The van der Waals surface area contributed by atoms with Crippen LogP contribution in [0.15, 0.2) is 36.4 Å². The van der Waals surface area contributed by atoms with Crippen molar-refractivity contribution in [1.29, 1.82) is 0 Å². The molecule has 0 atom stereocenters. The Balaban J connectivity index is 1.83. The molecule has 0 radical (unpaired) electrons. The van der Waals surface area contributed by atoms with Crippen molar-refractivity contribution in [1.82, 2.24) is 5.32 Å². The van der Waals surface area contributed by atoms with Crippen molar-refractivity contribution < 1.29 is 9.59 Å². The summed E-state index contributed by atoms with van der Waals surface area (Å²) in [5, 5.41) is 5.33. The number of thiophene rings is 1. The summed E-state index contributed by atoms with van der Waals surface area (Å²) in [6, 6.07) is 11.1. The molecule has 0 bridgehead atoms. The van der Waals surface area contributed by atoms with Gasteiger partial charge >= 0.3 is 0 Å². The third kappa shape index (κ3) is 3.93. The van der Waals surface area contributed by atoms with E-state index in [9.17, 15) is 9.59 Å². The zero-order chi connectivity index (χ0) is 14.5. The third-order valence-corrected chi connectivity index (χ3v) is 3.71. The lowest BCUT2D eigenvalue weighted by Gasteiger charge is -2.06. The van der Waals surface area contributed by atoms with Gasteiger partial charge in [-0.25, -0.2) is 0 Å². The molecule has 0 unspecified atom stereocenters. The van der Waals surface area contributed by atoms with Gasteiger partial charge in [0.1, 0.15) is 0 Å². The van der Waals surface area contributed by atoms with Crippen LogP contribution in [0.1, 0.15) is 20.1 Å². The molecule has 104 valence electrons. The minimum absolute atomic E-state index is 0.0380. The SMILES string of the molecule is Cc1ccc(NC(=O)CNC(=O)c2ccc(C)s2)cc1. The normalized spacial score (nSPS) is 10.1. The third-order valence-electron chi connectivity index (χ3n) is 2.71. The van der Waals surface area contributed by atoms with E-state index in [1.807, 2.05) is 44.2 Å². The van der Waals surface area contributed by atoms with E-state index in [1.54, 1.807) is 6.07 Å². The van der Waals surface area contributed by atoms with E-state index in [0.29, 0.717) is 4.88 Å². The zero-order valence-electron chi connectivity index (χ0n) is 11.4. The second-order valence-corrected chi connectivity index (χ2v) is 5.80. The summed E-state index contributed by atoms with van der Waals surface area (Å²) in [7, 11) is 0. The lowest BCUT2D eigenvalue weighted by molar-refractivity contribution is -0.115. The number of carbonyl (C=O) groups excluding carboxylic acids is 2. The number of aryl methyl sites for hydroxylation is 2. The molecule has 0 aliphatic carbocycles. The van der Waals surface area contributed by atoms with Gasteiger partial charge in [0.15, 0.2) is 0 Å². The van der Waals surface area contributed by atoms with Gasteiger partial charge in [-0.3, -0.25) is 9.59 Å². The molecule has 2 N–H and O–H groups in total. The first kappa shape index (κ1) is 14.3. The minimum Gasteiger partial charge on any atom is -0.342 e. The number of benzene rings is 1. The van der Waals surface area contributed by atoms with Crippen LogP contribution in [0.25, 0.3) is 0 Å². The molecule has 0 spiro atoms. The van der Waals surface area contributed by atoms with Gasteiger partial charge in [-0.1, -0.05) is 17.7 Å². The number of hydrogen-bond donors (Lipinski definition) is 2. The van der Waals surface area contributed by atoms with Gasteiger partial charge in [0, 0.05) is 10.6 Å². The molecule has 5 heteroatoms. The van der Waals surface area contributed by atoms with Crippen LogP contribution in [0, 0.1) is 13.8 Å². The van der Waals surface area contributed by atoms with Crippen molar-refractivity contribution in [3.8, 4) is 0 Å². The Labute approximate surface area is 121 Å². The van der Waals surface area contributed by atoms with E-state index in [4.69, 9.17) is 0 Å². The number of amides is 2. The number of rotatable bonds is 4. The quantitative estimate of drug-likeness (QED) is 0.909. The van der Waals surface area contributed by atoms with E-state index in [2.05, 4.69) is 10.6 Å². The van der Waals surface area contributed by atoms with E-state index in [0.717, 1.165) is 16.1 Å². The molecule has 4 nitrogen and oxygen atoms in total. The fraction of sp³-hybridized carbons (Fsp3) is 0.200. The molecule has 0 aliphatic rings. The van der Waals surface area contributed by atoms with Gasteiger partial charge in [-0.05, 0) is 38.1 Å². The van der Waals surface area contributed by atoms with Gasteiger partial charge in [0.25, 0.3) is 5.91 Å². The fourth-order valence-electron chi connectivity index (χ4n) is 1.65. The van der Waals surface area contributed by atoms with Crippen LogP contribution in [0.5, 0.6) is 0 Å². The minimum atomic E-state index is -0.240. The average molecular weight is 288 g/mol. The second-order valence-electron chi connectivity index (χ2n) is 4.51. The summed E-state index contributed by atoms with van der Waals surface area (Å²) in [4.78, 5) is 25.2. The highest BCUT2D eigenvalue weighted by Crippen LogP contribution is 2.14. The van der Waals surface area contributed by atoms with Crippen LogP contribution in [0.3, 0.4) is 0 Å². The maximum atomic E-state index is 11.8. The summed E-state index contributed by atoms with van der Waals surface area (Å²) in [6.07, 6.45) is 0. The van der Waals surface area contributed by atoms with E-state index in [1.165, 1.54) is 11.3 Å². The smallest absolute Gasteiger partial charge is 0.261 e. The zero-order valence-corrected chi connectivity index (χ0v) is 12.2. The van der Waals surface area contributed by atoms with Crippen LogP contribution in [0.2, 0.25) is 0 Å². The molecule has 0 saturated carbocycles. The van der Waals surface area contributed by atoms with Crippen molar-refractivity contribution in [2.45, 2.75) is 13.8 Å². The van der Waals surface area contributed by atoms with Crippen LogP contribution < -0.4 is 10.6 Å². The second kappa shape index (κ2) is 6.34. The van der Waals surface area contributed by atoms with Gasteiger partial charge in [0.2, 0.25) is 5.91 Å². The molecule has 0 aliphatic heterocycles. The lowest BCUT2D eigenvalue weighted by atomic mass is 10.2. The first-order valence-corrected chi connectivity index (χ1v) is 7.07. The first-order chi connectivity index (χ1) is 9.54. The topological polar surface area (TPSA) is 58.2 Å². The molecule has 0 fully saturated rings. The fourth-order valence-corrected chi connectivity index (χ4v) is 2.43. The summed E-state index contributed by atoms with van der Waals surface area (Å²) in [5.41, 5.74) is 1.85. The van der Waals surface area contributed by atoms with Crippen LogP contribution in [0.4, 0.5) is 5.69 Å². The van der Waals surface area contributed by atoms with Crippen molar-refractivity contribution in [3.05, 3.63) is 51.7 Å². The van der Waals surface area contributed by atoms with Gasteiger partial charge in [-0.15, -0.1) is 11.3 Å². The summed E-state index contributed by atoms with van der Waals surface area (Å²) >= 11 is 1.41. The number of nitrogens with one attached hydrogen (secondary N) is 2. The standard InChI is InChI=1S/C15H16N2O2S/c1-10-3-6-12(7-4-10)17-14(18)9-16-15(19)13-8-5-11(2)20-13/h3-8H,9H2,1-2H3,(H,16,19)(H,17,18). The van der Waals surface area contributed by atoms with E-state index < -0.39 is 0 Å². The molecule has 0 saturated heterocycles. The Morgan fingerprint density at radius 1 is 1.05 bits per heavy atom. The maximum Gasteiger partial charge on any atom is 0.261 e. The molecule has 2 aromatic rings. The molecule has 20 heavy (non-hydrogen) atoms. The molecule has 2 rings (SSSR count). The predicted octanol–water partition coefficient (Wildman–Crippen LogP) is 2.73. The van der Waals surface area contributed by atoms with E-state index >= 15 is 0 Å². The number of hydrogen-bond acceptors (Lipinski definition) is 3. The van der Waals surface area contributed by atoms with Crippen LogP contribution >= 0.6 is 11.3 Å². The highest BCUT2D eigenvalue weighted by atomic mass is 32.1. The van der Waals surface area contributed by atoms with Gasteiger partial charge in [-0.2, -0.15) is 0 Å². The van der Waals surface area contributed by atoms with Crippen LogP contribution in [-0.2, 0) is 4.79 Å². The predicted molar refractivity (Wildman–Crippen MR) is 81.2 cm³/mol. The molecule has 2 amide bonds. The Morgan fingerprint density at radius 2 is 1.75 bits per heavy atom. The lowest BCUT2D eigenvalue weighted by Crippen LogP contribution is -2.32. The molecular formula is C15H16N2O2S.